The molecule has 1 heterocycles. The molecule has 0 aliphatic heterocycles. The molecule has 28 heavy (non-hydrogen) atoms. The van der Waals surface area contributed by atoms with Crippen LogP contribution in [0, 0.1) is 17.0 Å². The molecule has 0 radical (unpaired) electrons. The summed E-state index contributed by atoms with van der Waals surface area (Å²) in [6.07, 6.45) is 0. The number of hydrazine groups is 1. The van der Waals surface area contributed by atoms with E-state index in [1.54, 1.807) is 13.0 Å². The van der Waals surface area contributed by atoms with Crippen molar-refractivity contribution in [3.63, 3.8) is 0 Å². The highest BCUT2D eigenvalue weighted by Crippen LogP contribution is 2.31. The van der Waals surface area contributed by atoms with Gasteiger partial charge in [0.25, 0.3) is 5.69 Å². The first-order valence-electron chi connectivity index (χ1n) is 8.05. The average Bonchev–Trinajstić information content (AvgIpc) is 3.08. The molecule has 9 nitrogen and oxygen atoms in total. The van der Waals surface area contributed by atoms with Crippen LogP contribution >= 0.6 is 11.3 Å². The predicted molar refractivity (Wildman–Crippen MR) is 110 cm³/mol. The summed E-state index contributed by atoms with van der Waals surface area (Å²) in [6.45, 7) is 1.79. The molecule has 0 aliphatic rings. The Kier molecular flexibility index (Phi) is 5.85. The molecule has 0 aliphatic carbocycles. The summed E-state index contributed by atoms with van der Waals surface area (Å²) in [5.74, 6) is 1.94. The number of nitro benzene ring substituents is 1. The first kappa shape index (κ1) is 18.9. The number of nitro groups is 1. The van der Waals surface area contributed by atoms with Crippen LogP contribution in [0.5, 0.6) is 0 Å². The zero-order valence-corrected chi connectivity index (χ0v) is 15.5. The van der Waals surface area contributed by atoms with Gasteiger partial charge < -0.3 is 10.8 Å². The summed E-state index contributed by atoms with van der Waals surface area (Å²) in [6, 6.07) is 15.4. The lowest BCUT2D eigenvalue weighted by Gasteiger charge is -2.07. The number of nitrogens with one attached hydrogen (secondary N) is 2. The van der Waals surface area contributed by atoms with E-state index in [-0.39, 0.29) is 17.1 Å². The molecule has 3 aromatic rings. The number of aryl methyl sites for hydroxylation is 1. The van der Waals surface area contributed by atoms with E-state index in [2.05, 4.69) is 26.1 Å². The number of anilines is 2. The van der Waals surface area contributed by atoms with Gasteiger partial charge in [0.15, 0.2) is 10.7 Å². The number of nitrogens with zero attached hydrogens (tertiary/aromatic N) is 5. The van der Waals surface area contributed by atoms with Gasteiger partial charge in [0.05, 0.1) is 16.3 Å². The minimum absolute atomic E-state index is 0.0287. The lowest BCUT2D eigenvalue weighted by atomic mass is 10.3. The van der Waals surface area contributed by atoms with E-state index in [1.807, 2.05) is 36.2 Å². The maximum Gasteiger partial charge on any atom is 0.296 e. The Labute approximate surface area is 164 Å². The largest absolute Gasteiger partial charge is 0.761 e. The molecule has 2 N–H and O–H groups in total. The van der Waals surface area contributed by atoms with E-state index in [4.69, 9.17) is 0 Å². The maximum atomic E-state index is 11.0. The fourth-order valence-corrected chi connectivity index (χ4v) is 3.04. The summed E-state index contributed by atoms with van der Waals surface area (Å²) < 4.78 is 0. The Hall–Kier alpha value is -3.88. The van der Waals surface area contributed by atoms with Gasteiger partial charge in [-0.1, -0.05) is 41.7 Å². The number of para-hydroxylation sites is 2. The predicted octanol–water partition coefficient (Wildman–Crippen LogP) is 5.16. The lowest BCUT2D eigenvalue weighted by molar-refractivity contribution is -0.384. The van der Waals surface area contributed by atoms with E-state index < -0.39 is 4.92 Å². The normalized spacial score (nSPS) is 10.5. The fourth-order valence-electron chi connectivity index (χ4n) is 2.18. The van der Waals surface area contributed by atoms with Crippen molar-refractivity contribution in [2.24, 2.45) is 10.2 Å². The third-order valence-electron chi connectivity index (χ3n) is 3.54. The number of benzene rings is 2. The average molecular weight is 392 g/mol. The van der Waals surface area contributed by atoms with E-state index in [0.717, 1.165) is 5.69 Å². The Morgan fingerprint density at radius 2 is 1.89 bits per heavy atom. The smallest absolute Gasteiger partial charge is 0.296 e. The van der Waals surface area contributed by atoms with Crippen molar-refractivity contribution in [3.8, 4) is 0 Å². The van der Waals surface area contributed by atoms with Crippen LogP contribution in [0.1, 0.15) is 10.7 Å². The minimum atomic E-state index is -0.550. The first-order valence-corrected chi connectivity index (χ1v) is 8.87. The second-order valence-corrected chi connectivity index (χ2v) is 6.45. The quantitative estimate of drug-likeness (QED) is 0.248. The molecule has 0 saturated carbocycles. The molecule has 2 aromatic carbocycles. The van der Waals surface area contributed by atoms with Crippen molar-refractivity contribution in [2.75, 3.05) is 10.9 Å². The number of thiazole rings is 1. The molecule has 0 unspecified atom stereocenters. The fraction of sp³-hybridized carbons (Fsp3) is 0.0556. The minimum Gasteiger partial charge on any atom is -0.761 e. The molecule has 0 amide bonds. The van der Waals surface area contributed by atoms with E-state index in [1.165, 1.54) is 29.5 Å². The van der Waals surface area contributed by atoms with Gasteiger partial charge >= 0.3 is 0 Å². The van der Waals surface area contributed by atoms with Gasteiger partial charge in [0, 0.05) is 6.07 Å². The molecule has 0 spiro atoms. The zero-order chi connectivity index (χ0) is 19.9. The number of rotatable bonds is 7. The monoisotopic (exact) mass is 392 g/mol. The highest BCUT2D eigenvalue weighted by atomic mass is 32.1. The molecule has 1 aromatic heterocycles. The molecule has 0 fully saturated rings. The summed E-state index contributed by atoms with van der Waals surface area (Å²) in [7, 11) is 0. The highest BCUT2D eigenvalue weighted by molar-refractivity contribution is 7.17. The Bertz CT molecular complexity index is 1070. The standard InChI is InChI=1S/C18H14N7O2S/c1-12-17(24-21-13-7-3-2-4-8-13)28-18(20-12)15(11-19)23-22-14-9-5-6-10-16(14)25(26)27/h2-10,21,24H,1H3/q-1. The SMILES string of the molecule is Cc1nc(C(=C=[N-])N=Nc2ccccc2[N+](=O)[O-])sc1NNc1ccccc1. The van der Waals surface area contributed by atoms with Gasteiger partial charge in [-0.15, -0.1) is 10.2 Å². The van der Waals surface area contributed by atoms with Crippen LogP contribution in [0.2, 0.25) is 0 Å². The molecule has 10 heteroatoms. The van der Waals surface area contributed by atoms with Crippen LogP contribution < -0.4 is 10.9 Å². The molecular weight excluding hydrogens is 378 g/mol. The Morgan fingerprint density at radius 1 is 1.18 bits per heavy atom. The number of aromatic nitrogens is 1. The second kappa shape index (κ2) is 8.67. The third-order valence-corrected chi connectivity index (χ3v) is 4.61. The third kappa shape index (κ3) is 4.44. The van der Waals surface area contributed by atoms with Gasteiger partial charge in [-0.3, -0.25) is 15.5 Å². The Morgan fingerprint density at radius 3 is 2.61 bits per heavy atom. The highest BCUT2D eigenvalue weighted by Gasteiger charge is 2.13. The number of hydrogen-bond acceptors (Lipinski definition) is 8. The molecule has 0 bridgehead atoms. The molecule has 140 valence electrons. The van der Waals surface area contributed by atoms with Crippen molar-refractivity contribution < 1.29 is 4.92 Å². The summed E-state index contributed by atoms with van der Waals surface area (Å²) in [5.41, 5.74) is 7.50. The van der Waals surface area contributed by atoms with Gasteiger partial charge in [-0.2, -0.15) is 0 Å². The van der Waals surface area contributed by atoms with E-state index >= 15 is 0 Å². The van der Waals surface area contributed by atoms with E-state index in [9.17, 15) is 15.5 Å². The van der Waals surface area contributed by atoms with Gasteiger partial charge in [0.2, 0.25) is 0 Å². The van der Waals surface area contributed by atoms with Crippen LogP contribution in [0.25, 0.3) is 11.1 Å². The second-order valence-electron chi connectivity index (χ2n) is 5.46. The van der Waals surface area contributed by atoms with Gasteiger partial charge in [-0.05, 0) is 25.1 Å². The first-order chi connectivity index (χ1) is 13.6. The van der Waals surface area contributed by atoms with Crippen LogP contribution in [0.3, 0.4) is 0 Å². The van der Waals surface area contributed by atoms with Crippen molar-refractivity contribution in [2.45, 2.75) is 6.92 Å². The summed E-state index contributed by atoms with van der Waals surface area (Å²) >= 11 is 1.23. The lowest BCUT2D eigenvalue weighted by Crippen LogP contribution is -2.07. The molecular formula is C18H14N7O2S-. The number of hydrogen-bond donors (Lipinski definition) is 2. The van der Waals surface area contributed by atoms with Crippen LogP contribution in [0.4, 0.5) is 22.1 Å². The van der Waals surface area contributed by atoms with Crippen LogP contribution in [0.15, 0.2) is 64.8 Å². The van der Waals surface area contributed by atoms with Crippen LogP contribution in [-0.2, 0) is 0 Å². The van der Waals surface area contributed by atoms with Crippen molar-refractivity contribution >= 4 is 45.0 Å². The van der Waals surface area contributed by atoms with Crippen LogP contribution in [-0.4, -0.2) is 15.8 Å². The van der Waals surface area contributed by atoms with Gasteiger partial charge in [-0.25, -0.2) is 10.9 Å². The topological polar surface area (TPSA) is 127 Å². The zero-order valence-electron chi connectivity index (χ0n) is 14.7. The number of azo groups is 1. The van der Waals surface area contributed by atoms with E-state index in [0.29, 0.717) is 15.7 Å². The summed E-state index contributed by atoms with van der Waals surface area (Å²) in [4.78, 5) is 14.8. The molecule has 0 saturated heterocycles. The molecule has 0 atom stereocenters. The van der Waals surface area contributed by atoms with Crippen molar-refractivity contribution in [3.05, 3.63) is 80.8 Å². The molecule has 3 rings (SSSR count). The van der Waals surface area contributed by atoms with Crippen molar-refractivity contribution in [1.82, 2.24) is 4.98 Å². The van der Waals surface area contributed by atoms with Crippen molar-refractivity contribution in [1.29, 1.82) is 0 Å². The maximum absolute atomic E-state index is 11.0. The van der Waals surface area contributed by atoms with Gasteiger partial charge in [0.1, 0.15) is 10.7 Å². The Balaban J connectivity index is 1.79. The summed E-state index contributed by atoms with van der Waals surface area (Å²) in [5, 5.41) is 29.3.